The summed E-state index contributed by atoms with van der Waals surface area (Å²) < 4.78 is 26.4. The van der Waals surface area contributed by atoms with E-state index in [-0.39, 0.29) is 11.5 Å². The fraction of sp³-hybridized carbons (Fsp3) is 0.571. The molecule has 2 N–H and O–H groups in total. The largest absolute Gasteiger partial charge is 0.323 e. The van der Waals surface area contributed by atoms with Crippen molar-refractivity contribution < 1.29 is 8.78 Å². The molecule has 1 nitrogen and oxygen atoms in total. The molecule has 0 radical (unpaired) electrons. The topological polar surface area (TPSA) is 26.0 Å². The van der Waals surface area contributed by atoms with Crippen molar-refractivity contribution in [3.05, 3.63) is 35.4 Å². The Bertz CT molecular complexity index is 377. The smallest absolute Gasteiger partial charge is 0.126 e. The Kier molecular flexibility index (Phi) is 3.48. The van der Waals surface area contributed by atoms with Crippen molar-refractivity contribution >= 4 is 0 Å². The Morgan fingerprint density at radius 3 is 2.18 bits per heavy atom. The molecule has 1 aliphatic carbocycles. The minimum Gasteiger partial charge on any atom is -0.323 e. The Labute approximate surface area is 101 Å². The molecule has 0 saturated heterocycles. The van der Waals surface area contributed by atoms with Gasteiger partial charge in [-0.2, -0.15) is 0 Å². The molecule has 2 rings (SSSR count). The number of nitrogens with two attached hydrogens (primary N) is 1. The predicted molar refractivity (Wildman–Crippen MR) is 64.5 cm³/mol. The first-order valence-corrected chi connectivity index (χ1v) is 6.29. The summed E-state index contributed by atoms with van der Waals surface area (Å²) in [4.78, 5) is 0. The molecule has 0 heterocycles. The molecule has 0 spiro atoms. The lowest BCUT2D eigenvalue weighted by atomic mass is 9.74. The highest BCUT2D eigenvalue weighted by atomic mass is 19.1. The van der Waals surface area contributed by atoms with E-state index in [2.05, 4.69) is 6.92 Å². The van der Waals surface area contributed by atoms with Crippen molar-refractivity contribution in [2.24, 2.45) is 11.1 Å². The molecular formula is C14H19F2N. The summed E-state index contributed by atoms with van der Waals surface area (Å²) in [6.45, 7) is 2.11. The van der Waals surface area contributed by atoms with E-state index >= 15 is 0 Å². The first-order valence-electron chi connectivity index (χ1n) is 6.29. The monoisotopic (exact) mass is 239 g/mol. The minimum absolute atomic E-state index is 0.0280. The summed E-state index contributed by atoms with van der Waals surface area (Å²) in [6, 6.07) is 3.36. The molecular weight excluding hydrogens is 220 g/mol. The van der Waals surface area contributed by atoms with Gasteiger partial charge in [0.05, 0.1) is 0 Å². The van der Waals surface area contributed by atoms with E-state index in [1.807, 2.05) is 0 Å². The van der Waals surface area contributed by atoms with Crippen LogP contribution in [0.15, 0.2) is 18.2 Å². The fourth-order valence-corrected chi connectivity index (χ4v) is 3.07. The Morgan fingerprint density at radius 2 is 1.71 bits per heavy atom. The summed E-state index contributed by atoms with van der Waals surface area (Å²) in [6.07, 6.45) is 5.41. The van der Waals surface area contributed by atoms with Gasteiger partial charge in [-0.05, 0) is 42.4 Å². The fourth-order valence-electron chi connectivity index (χ4n) is 3.07. The summed E-state index contributed by atoms with van der Waals surface area (Å²) >= 11 is 0. The van der Waals surface area contributed by atoms with Crippen LogP contribution in [0.3, 0.4) is 0 Å². The molecule has 1 aliphatic rings. The van der Waals surface area contributed by atoms with Crippen LogP contribution in [0.25, 0.3) is 0 Å². The molecule has 0 bridgehead atoms. The highest BCUT2D eigenvalue weighted by Gasteiger charge is 2.38. The number of benzene rings is 1. The van der Waals surface area contributed by atoms with E-state index in [0.29, 0.717) is 5.56 Å². The third kappa shape index (κ3) is 2.34. The van der Waals surface area contributed by atoms with Crippen LogP contribution in [0, 0.1) is 17.0 Å². The van der Waals surface area contributed by atoms with Crippen LogP contribution in [0.4, 0.5) is 8.78 Å². The molecule has 3 heteroatoms. The average Bonchev–Trinajstić information content (AvgIpc) is 2.76. The van der Waals surface area contributed by atoms with Crippen molar-refractivity contribution in [2.75, 3.05) is 0 Å². The summed E-state index contributed by atoms with van der Waals surface area (Å²) in [5.74, 6) is -1.08. The molecule has 0 aliphatic heterocycles. The lowest BCUT2D eigenvalue weighted by Crippen LogP contribution is -2.31. The van der Waals surface area contributed by atoms with Crippen molar-refractivity contribution in [2.45, 2.75) is 45.1 Å². The Morgan fingerprint density at radius 1 is 1.18 bits per heavy atom. The van der Waals surface area contributed by atoms with Gasteiger partial charge >= 0.3 is 0 Å². The number of halogens is 2. The van der Waals surface area contributed by atoms with Gasteiger partial charge in [0.1, 0.15) is 11.6 Å². The van der Waals surface area contributed by atoms with Crippen LogP contribution in [0.5, 0.6) is 0 Å². The molecule has 1 unspecified atom stereocenters. The molecule has 0 aromatic heterocycles. The zero-order valence-electron chi connectivity index (χ0n) is 10.2. The third-order valence-electron chi connectivity index (χ3n) is 4.21. The first-order chi connectivity index (χ1) is 8.07. The van der Waals surface area contributed by atoms with Gasteiger partial charge in [-0.15, -0.1) is 0 Å². The van der Waals surface area contributed by atoms with Crippen molar-refractivity contribution in [3.8, 4) is 0 Å². The van der Waals surface area contributed by atoms with Gasteiger partial charge < -0.3 is 5.73 Å². The number of rotatable bonds is 3. The molecule has 17 heavy (non-hydrogen) atoms. The van der Waals surface area contributed by atoms with Gasteiger partial charge in [-0.3, -0.25) is 0 Å². The molecule has 1 saturated carbocycles. The zero-order valence-corrected chi connectivity index (χ0v) is 10.2. The highest BCUT2D eigenvalue weighted by Crippen LogP contribution is 2.48. The van der Waals surface area contributed by atoms with Gasteiger partial charge in [-0.1, -0.05) is 19.8 Å². The first kappa shape index (κ1) is 12.5. The van der Waals surface area contributed by atoms with Crippen molar-refractivity contribution in [1.29, 1.82) is 0 Å². The maximum atomic E-state index is 13.2. The van der Waals surface area contributed by atoms with E-state index in [9.17, 15) is 8.78 Å². The Balaban J connectivity index is 2.32. The van der Waals surface area contributed by atoms with E-state index in [1.54, 1.807) is 0 Å². The van der Waals surface area contributed by atoms with Crippen molar-refractivity contribution in [1.82, 2.24) is 0 Å². The molecule has 1 aromatic carbocycles. The van der Waals surface area contributed by atoms with E-state index in [4.69, 9.17) is 5.73 Å². The SMILES string of the molecule is CCC1(C(N)c2cc(F)cc(F)c2)CCCC1. The van der Waals surface area contributed by atoms with E-state index in [0.717, 1.165) is 25.3 Å². The molecule has 94 valence electrons. The molecule has 1 atom stereocenters. The van der Waals surface area contributed by atoms with E-state index in [1.165, 1.54) is 25.0 Å². The lowest BCUT2D eigenvalue weighted by Gasteiger charge is -2.34. The van der Waals surface area contributed by atoms with Gasteiger partial charge in [0.15, 0.2) is 0 Å². The standard InChI is InChI=1S/C14H19F2N/c1-2-14(5-3-4-6-14)13(17)10-7-11(15)9-12(16)8-10/h7-9,13H,2-6,17H2,1H3. The molecule has 1 aromatic rings. The van der Waals surface area contributed by atoms with Crippen LogP contribution in [0.2, 0.25) is 0 Å². The zero-order chi connectivity index (χ0) is 12.5. The predicted octanol–water partition coefficient (Wildman–Crippen LogP) is 3.94. The molecule has 0 amide bonds. The number of hydrogen-bond acceptors (Lipinski definition) is 1. The quantitative estimate of drug-likeness (QED) is 0.849. The maximum absolute atomic E-state index is 13.2. The van der Waals surface area contributed by atoms with Crippen LogP contribution >= 0.6 is 0 Å². The second-order valence-corrected chi connectivity index (χ2v) is 5.10. The highest BCUT2D eigenvalue weighted by molar-refractivity contribution is 5.23. The van der Waals surface area contributed by atoms with Crippen LogP contribution in [-0.4, -0.2) is 0 Å². The summed E-state index contributed by atoms with van der Waals surface area (Å²) in [5, 5.41) is 0. The normalized spacial score (nSPS) is 20.5. The Hall–Kier alpha value is -0.960. The summed E-state index contributed by atoms with van der Waals surface area (Å²) in [7, 11) is 0. The second-order valence-electron chi connectivity index (χ2n) is 5.10. The van der Waals surface area contributed by atoms with Gasteiger partial charge in [0.25, 0.3) is 0 Å². The van der Waals surface area contributed by atoms with E-state index < -0.39 is 11.6 Å². The van der Waals surface area contributed by atoms with Gasteiger partial charge in [0.2, 0.25) is 0 Å². The molecule has 1 fully saturated rings. The lowest BCUT2D eigenvalue weighted by molar-refractivity contribution is 0.221. The maximum Gasteiger partial charge on any atom is 0.126 e. The van der Waals surface area contributed by atoms with Crippen LogP contribution in [0.1, 0.15) is 50.6 Å². The third-order valence-corrected chi connectivity index (χ3v) is 4.21. The van der Waals surface area contributed by atoms with Crippen LogP contribution < -0.4 is 5.73 Å². The summed E-state index contributed by atoms with van der Waals surface area (Å²) in [5.41, 5.74) is 6.87. The number of hydrogen-bond donors (Lipinski definition) is 1. The van der Waals surface area contributed by atoms with Gasteiger partial charge in [-0.25, -0.2) is 8.78 Å². The second kappa shape index (κ2) is 4.73. The van der Waals surface area contributed by atoms with Crippen molar-refractivity contribution in [3.63, 3.8) is 0 Å². The average molecular weight is 239 g/mol. The van der Waals surface area contributed by atoms with Gasteiger partial charge in [0, 0.05) is 12.1 Å². The van der Waals surface area contributed by atoms with Crippen LogP contribution in [-0.2, 0) is 0 Å². The minimum atomic E-state index is -0.542.